The number of imidazole rings is 1. The first-order chi connectivity index (χ1) is 8.11. The number of para-hydroxylation sites is 1. The van der Waals surface area contributed by atoms with Crippen molar-refractivity contribution in [1.29, 1.82) is 0 Å². The molecule has 2 aromatic rings. The number of halogens is 1. The smallest absolute Gasteiger partial charge is 0.207 e. The van der Waals surface area contributed by atoms with E-state index < -0.39 is 0 Å². The normalized spacial score (nSPS) is 10.6. The molecular weight excluding hydrogens is 217 g/mol. The van der Waals surface area contributed by atoms with Gasteiger partial charge in [0.1, 0.15) is 5.82 Å². The minimum atomic E-state index is -0.256. The van der Waals surface area contributed by atoms with Crippen molar-refractivity contribution in [1.82, 2.24) is 9.55 Å². The van der Waals surface area contributed by atoms with Crippen molar-refractivity contribution in [2.75, 3.05) is 5.32 Å². The third-order valence-corrected chi connectivity index (χ3v) is 2.70. The number of nitrogens with one attached hydrogen (secondary N) is 1. The quantitative estimate of drug-likeness (QED) is 0.880. The first kappa shape index (κ1) is 11.6. The van der Waals surface area contributed by atoms with E-state index in [1.165, 1.54) is 6.07 Å². The molecule has 1 N–H and O–H groups in total. The molecule has 0 aliphatic heterocycles. The van der Waals surface area contributed by atoms with Gasteiger partial charge in [0, 0.05) is 12.7 Å². The van der Waals surface area contributed by atoms with Crippen LogP contribution in [-0.2, 0) is 6.54 Å². The summed E-state index contributed by atoms with van der Waals surface area (Å²) in [7, 11) is 0. The molecule has 17 heavy (non-hydrogen) atoms. The molecule has 0 radical (unpaired) electrons. The van der Waals surface area contributed by atoms with E-state index in [1.807, 2.05) is 37.6 Å². The van der Waals surface area contributed by atoms with E-state index in [1.54, 1.807) is 6.07 Å². The molecule has 1 aromatic heterocycles. The highest BCUT2D eigenvalue weighted by molar-refractivity contribution is 5.59. The second-order valence-corrected chi connectivity index (χ2v) is 4.05. The molecule has 0 aliphatic rings. The lowest BCUT2D eigenvalue weighted by atomic mass is 10.2. The Morgan fingerprint density at radius 3 is 2.76 bits per heavy atom. The van der Waals surface area contributed by atoms with Crippen LogP contribution >= 0.6 is 0 Å². The van der Waals surface area contributed by atoms with Crippen LogP contribution in [0.2, 0.25) is 0 Å². The molecular formula is C13H16FN3. The molecule has 0 amide bonds. The third kappa shape index (κ3) is 2.30. The zero-order chi connectivity index (χ0) is 12.4. The van der Waals surface area contributed by atoms with E-state index in [0.717, 1.165) is 17.8 Å². The van der Waals surface area contributed by atoms with Gasteiger partial charge in [0.25, 0.3) is 0 Å². The summed E-state index contributed by atoms with van der Waals surface area (Å²) in [6.45, 7) is 6.63. The fraction of sp³-hybridized carbons (Fsp3) is 0.308. The Balaban J connectivity index is 2.37. The third-order valence-electron chi connectivity index (χ3n) is 2.70. The van der Waals surface area contributed by atoms with E-state index in [0.29, 0.717) is 11.6 Å². The van der Waals surface area contributed by atoms with Crippen LogP contribution in [0.25, 0.3) is 0 Å². The van der Waals surface area contributed by atoms with Gasteiger partial charge in [0.15, 0.2) is 0 Å². The number of rotatable bonds is 3. The largest absolute Gasteiger partial charge is 0.323 e. The van der Waals surface area contributed by atoms with Gasteiger partial charge in [-0.15, -0.1) is 0 Å². The van der Waals surface area contributed by atoms with Crippen LogP contribution in [0.3, 0.4) is 0 Å². The molecule has 4 heteroatoms. The fourth-order valence-corrected chi connectivity index (χ4v) is 1.79. The molecule has 1 aromatic carbocycles. The van der Waals surface area contributed by atoms with Crippen LogP contribution in [0.1, 0.15) is 18.2 Å². The van der Waals surface area contributed by atoms with Gasteiger partial charge in [0.2, 0.25) is 5.95 Å². The molecule has 0 atom stereocenters. The Hall–Kier alpha value is -1.84. The maximum atomic E-state index is 13.7. The summed E-state index contributed by atoms with van der Waals surface area (Å²) in [4.78, 5) is 4.34. The summed E-state index contributed by atoms with van der Waals surface area (Å²) in [5.41, 5.74) is 2.28. The Labute approximate surface area is 100 Å². The zero-order valence-corrected chi connectivity index (χ0v) is 10.3. The van der Waals surface area contributed by atoms with Crippen LogP contribution in [-0.4, -0.2) is 9.55 Å². The highest BCUT2D eigenvalue weighted by Gasteiger charge is 2.09. The number of hydrogen-bond acceptors (Lipinski definition) is 2. The minimum Gasteiger partial charge on any atom is -0.323 e. The number of aryl methyl sites for hydroxylation is 3. The highest BCUT2D eigenvalue weighted by atomic mass is 19.1. The van der Waals surface area contributed by atoms with E-state index in [4.69, 9.17) is 0 Å². The van der Waals surface area contributed by atoms with Gasteiger partial charge in [-0.2, -0.15) is 0 Å². The van der Waals surface area contributed by atoms with Crippen molar-refractivity contribution in [3.8, 4) is 0 Å². The molecule has 1 heterocycles. The highest BCUT2D eigenvalue weighted by Crippen LogP contribution is 2.23. The van der Waals surface area contributed by atoms with Crippen LogP contribution < -0.4 is 5.32 Å². The zero-order valence-electron chi connectivity index (χ0n) is 10.3. The monoisotopic (exact) mass is 233 g/mol. The Morgan fingerprint density at radius 2 is 2.12 bits per heavy atom. The summed E-state index contributed by atoms with van der Waals surface area (Å²) >= 11 is 0. The molecule has 2 rings (SSSR count). The van der Waals surface area contributed by atoms with Crippen molar-refractivity contribution < 1.29 is 4.39 Å². The van der Waals surface area contributed by atoms with Crippen LogP contribution in [0.15, 0.2) is 24.4 Å². The Morgan fingerprint density at radius 1 is 1.35 bits per heavy atom. The summed E-state index contributed by atoms with van der Waals surface area (Å²) in [5.74, 6) is 0.423. The van der Waals surface area contributed by atoms with Crippen molar-refractivity contribution in [3.63, 3.8) is 0 Å². The van der Waals surface area contributed by atoms with Gasteiger partial charge < -0.3 is 9.88 Å². The predicted octanol–water partition coefficient (Wildman–Crippen LogP) is 3.40. The lowest BCUT2D eigenvalue weighted by Gasteiger charge is -2.10. The average molecular weight is 233 g/mol. The first-order valence-corrected chi connectivity index (χ1v) is 5.67. The SMILES string of the molecule is CCn1cc(C)nc1Nc1c(C)cccc1F. The van der Waals surface area contributed by atoms with Crippen molar-refractivity contribution in [3.05, 3.63) is 41.5 Å². The predicted molar refractivity (Wildman–Crippen MR) is 67.1 cm³/mol. The maximum Gasteiger partial charge on any atom is 0.207 e. The second-order valence-electron chi connectivity index (χ2n) is 4.05. The van der Waals surface area contributed by atoms with Gasteiger partial charge in [-0.3, -0.25) is 0 Å². The van der Waals surface area contributed by atoms with E-state index in [-0.39, 0.29) is 5.82 Å². The minimum absolute atomic E-state index is 0.256. The maximum absolute atomic E-state index is 13.7. The number of hydrogen-bond donors (Lipinski definition) is 1. The number of anilines is 2. The van der Waals surface area contributed by atoms with Crippen LogP contribution in [0.5, 0.6) is 0 Å². The standard InChI is InChI=1S/C13H16FN3/c1-4-17-8-10(3)15-13(17)16-12-9(2)6-5-7-11(12)14/h5-8H,4H2,1-3H3,(H,15,16). The molecule has 0 bridgehead atoms. The van der Waals surface area contributed by atoms with E-state index in [2.05, 4.69) is 10.3 Å². The number of aromatic nitrogens is 2. The molecule has 0 fully saturated rings. The second kappa shape index (κ2) is 4.57. The molecule has 0 unspecified atom stereocenters. The average Bonchev–Trinajstić information content (AvgIpc) is 2.64. The number of benzene rings is 1. The lowest BCUT2D eigenvalue weighted by Crippen LogP contribution is -2.04. The van der Waals surface area contributed by atoms with E-state index in [9.17, 15) is 4.39 Å². The fourth-order valence-electron chi connectivity index (χ4n) is 1.79. The summed E-state index contributed by atoms with van der Waals surface area (Å²) in [5, 5.41) is 3.06. The lowest BCUT2D eigenvalue weighted by molar-refractivity contribution is 0.630. The van der Waals surface area contributed by atoms with Crippen molar-refractivity contribution >= 4 is 11.6 Å². The molecule has 0 saturated heterocycles. The number of nitrogens with zero attached hydrogens (tertiary/aromatic N) is 2. The first-order valence-electron chi connectivity index (χ1n) is 5.67. The molecule has 3 nitrogen and oxygen atoms in total. The topological polar surface area (TPSA) is 29.9 Å². The van der Waals surface area contributed by atoms with Gasteiger partial charge in [-0.1, -0.05) is 12.1 Å². The molecule has 0 saturated carbocycles. The summed E-state index contributed by atoms with van der Waals surface area (Å²) < 4.78 is 15.6. The van der Waals surface area contributed by atoms with Gasteiger partial charge in [-0.25, -0.2) is 9.37 Å². The summed E-state index contributed by atoms with van der Waals surface area (Å²) in [6.07, 6.45) is 1.94. The molecule has 0 aliphatic carbocycles. The van der Waals surface area contributed by atoms with Gasteiger partial charge in [0.05, 0.1) is 11.4 Å². The molecule has 0 spiro atoms. The van der Waals surface area contributed by atoms with Crippen LogP contribution in [0, 0.1) is 19.7 Å². The Bertz CT molecular complexity index is 511. The molecule has 90 valence electrons. The van der Waals surface area contributed by atoms with Crippen molar-refractivity contribution in [2.24, 2.45) is 0 Å². The van der Waals surface area contributed by atoms with E-state index >= 15 is 0 Å². The van der Waals surface area contributed by atoms with Crippen molar-refractivity contribution in [2.45, 2.75) is 27.3 Å². The summed E-state index contributed by atoms with van der Waals surface area (Å²) in [6, 6.07) is 5.02. The van der Waals surface area contributed by atoms with Gasteiger partial charge >= 0.3 is 0 Å². The van der Waals surface area contributed by atoms with Gasteiger partial charge in [-0.05, 0) is 32.4 Å². The Kier molecular flexibility index (Phi) is 3.13. The van der Waals surface area contributed by atoms with Crippen LogP contribution in [0.4, 0.5) is 16.0 Å².